The highest BCUT2D eigenvalue weighted by Gasteiger charge is 2.45. The van der Waals surface area contributed by atoms with Crippen LogP contribution in [0.15, 0.2) is 54.6 Å². The Bertz CT molecular complexity index is 1380. The number of rotatable bonds is 9. The summed E-state index contributed by atoms with van der Waals surface area (Å²) >= 11 is 6.21. The van der Waals surface area contributed by atoms with Crippen LogP contribution in [0.3, 0.4) is 0 Å². The zero-order valence-corrected chi connectivity index (χ0v) is 24.5. The lowest BCUT2D eigenvalue weighted by Gasteiger charge is -2.39. The molecule has 2 amide bonds. The minimum Gasteiger partial charge on any atom is -0.319 e. The predicted molar refractivity (Wildman–Crippen MR) is 161 cm³/mol. The SMILES string of the molecule is CCCCCc1cc(C)nc(NC(=O)C2c3ccccc3C(=O)N2C2CCN(Cc3ccc(Cl)c(C)c3)CC2)c1. The number of likely N-dealkylation sites (tertiary alicyclic amines) is 1. The number of nitrogens with one attached hydrogen (secondary N) is 1. The van der Waals surface area contributed by atoms with Gasteiger partial charge in [0.15, 0.2) is 0 Å². The van der Waals surface area contributed by atoms with Crippen LogP contribution in [0.4, 0.5) is 5.82 Å². The second-order valence-electron chi connectivity index (χ2n) is 11.2. The van der Waals surface area contributed by atoms with E-state index in [9.17, 15) is 9.59 Å². The van der Waals surface area contributed by atoms with Crippen LogP contribution in [-0.4, -0.2) is 45.7 Å². The molecule has 0 spiro atoms. The molecule has 1 atom stereocenters. The predicted octanol–water partition coefficient (Wildman–Crippen LogP) is 6.88. The first-order valence-corrected chi connectivity index (χ1v) is 14.9. The lowest BCUT2D eigenvalue weighted by atomic mass is 9.99. The molecule has 2 aliphatic heterocycles. The molecule has 3 heterocycles. The molecule has 1 fully saturated rings. The quantitative estimate of drug-likeness (QED) is 0.291. The summed E-state index contributed by atoms with van der Waals surface area (Å²) in [6.45, 7) is 8.75. The van der Waals surface area contributed by atoms with Crippen LogP contribution < -0.4 is 5.32 Å². The molecule has 7 heteroatoms. The molecule has 1 aromatic heterocycles. The topological polar surface area (TPSA) is 65.5 Å². The molecular weight excluding hydrogens is 520 g/mol. The van der Waals surface area contributed by atoms with Crippen molar-refractivity contribution in [1.29, 1.82) is 0 Å². The highest BCUT2D eigenvalue weighted by Crippen LogP contribution is 2.38. The van der Waals surface area contributed by atoms with Gasteiger partial charge in [0.05, 0.1) is 0 Å². The third-order valence-electron chi connectivity index (χ3n) is 8.16. The van der Waals surface area contributed by atoms with E-state index in [0.29, 0.717) is 11.4 Å². The maximum absolute atomic E-state index is 13.9. The van der Waals surface area contributed by atoms with E-state index in [0.717, 1.165) is 67.2 Å². The van der Waals surface area contributed by atoms with Crippen LogP contribution in [0.1, 0.15) is 83.4 Å². The summed E-state index contributed by atoms with van der Waals surface area (Å²) in [5.41, 5.74) is 5.78. The number of piperidine rings is 1. The fraction of sp³-hybridized carbons (Fsp3) is 0.424. The minimum atomic E-state index is -0.662. The Morgan fingerprint density at radius 2 is 1.80 bits per heavy atom. The summed E-state index contributed by atoms with van der Waals surface area (Å²) in [5, 5.41) is 3.86. The van der Waals surface area contributed by atoms with E-state index < -0.39 is 6.04 Å². The van der Waals surface area contributed by atoms with Crippen LogP contribution >= 0.6 is 11.6 Å². The molecule has 0 radical (unpaired) electrons. The zero-order chi connectivity index (χ0) is 28.2. The van der Waals surface area contributed by atoms with Gasteiger partial charge < -0.3 is 10.2 Å². The van der Waals surface area contributed by atoms with E-state index in [1.54, 1.807) is 0 Å². The molecule has 0 saturated carbocycles. The van der Waals surface area contributed by atoms with E-state index in [2.05, 4.69) is 40.3 Å². The van der Waals surface area contributed by atoms with Crippen molar-refractivity contribution in [3.05, 3.63) is 93.1 Å². The molecule has 2 aliphatic rings. The van der Waals surface area contributed by atoms with Gasteiger partial charge in [-0.25, -0.2) is 4.98 Å². The second-order valence-corrected chi connectivity index (χ2v) is 11.6. The van der Waals surface area contributed by atoms with Crippen LogP contribution in [0.25, 0.3) is 0 Å². The summed E-state index contributed by atoms with van der Waals surface area (Å²) in [5.74, 6) is 0.302. The van der Waals surface area contributed by atoms with Crippen molar-refractivity contribution in [2.24, 2.45) is 0 Å². The van der Waals surface area contributed by atoms with Gasteiger partial charge in [0, 0.05) is 42.0 Å². The van der Waals surface area contributed by atoms with Gasteiger partial charge in [-0.1, -0.05) is 61.7 Å². The van der Waals surface area contributed by atoms with E-state index in [1.807, 2.05) is 55.1 Å². The first-order chi connectivity index (χ1) is 19.3. The fourth-order valence-corrected chi connectivity index (χ4v) is 6.24. The van der Waals surface area contributed by atoms with E-state index in [4.69, 9.17) is 11.6 Å². The van der Waals surface area contributed by atoms with Gasteiger partial charge >= 0.3 is 0 Å². The number of halogens is 1. The molecule has 6 nitrogen and oxygen atoms in total. The number of nitrogens with zero attached hydrogens (tertiary/aromatic N) is 3. The molecule has 1 N–H and O–H groups in total. The van der Waals surface area contributed by atoms with Gasteiger partial charge in [0.1, 0.15) is 11.9 Å². The zero-order valence-electron chi connectivity index (χ0n) is 23.8. The Balaban J connectivity index is 1.31. The first kappa shape index (κ1) is 28.3. The number of aromatic nitrogens is 1. The number of anilines is 1. The summed E-state index contributed by atoms with van der Waals surface area (Å²) < 4.78 is 0. The molecule has 1 unspecified atom stereocenters. The average molecular weight is 559 g/mol. The van der Waals surface area contributed by atoms with Crippen molar-refractivity contribution < 1.29 is 9.59 Å². The van der Waals surface area contributed by atoms with Crippen molar-refractivity contribution in [1.82, 2.24) is 14.8 Å². The van der Waals surface area contributed by atoms with Crippen LogP contribution in [0.5, 0.6) is 0 Å². The van der Waals surface area contributed by atoms with Gasteiger partial charge in [0.25, 0.3) is 11.8 Å². The number of pyridine rings is 1. The summed E-state index contributed by atoms with van der Waals surface area (Å²) in [6.07, 6.45) is 6.06. The Morgan fingerprint density at radius 1 is 1.02 bits per heavy atom. The third kappa shape index (κ3) is 6.24. The summed E-state index contributed by atoms with van der Waals surface area (Å²) in [6, 6.07) is 17.1. The number of carbonyl (C=O) groups is 2. The number of hydrogen-bond acceptors (Lipinski definition) is 4. The van der Waals surface area contributed by atoms with Crippen LogP contribution in [0, 0.1) is 13.8 Å². The van der Waals surface area contributed by atoms with Crippen molar-refractivity contribution in [2.45, 2.75) is 77.9 Å². The highest BCUT2D eigenvalue weighted by atomic mass is 35.5. The molecular formula is C33H39ClN4O2. The summed E-state index contributed by atoms with van der Waals surface area (Å²) in [7, 11) is 0. The third-order valence-corrected chi connectivity index (χ3v) is 8.58. The molecule has 2 aromatic carbocycles. The van der Waals surface area contributed by atoms with Crippen molar-refractivity contribution >= 4 is 29.2 Å². The van der Waals surface area contributed by atoms with Crippen molar-refractivity contribution in [2.75, 3.05) is 18.4 Å². The molecule has 210 valence electrons. The van der Waals surface area contributed by atoms with Crippen LogP contribution in [-0.2, 0) is 17.8 Å². The standard InChI is InChI=1S/C33H39ClN4O2/c1-4-5-6-9-24-19-23(3)35-30(20-24)36-32(39)31-27-10-7-8-11-28(27)33(40)38(31)26-14-16-37(17-15-26)21-25-12-13-29(34)22(2)18-25/h7-8,10-13,18-20,26,31H,4-6,9,14-17,21H2,1-3H3,(H,35,36,39). The van der Waals surface area contributed by atoms with E-state index >= 15 is 0 Å². The normalized spacial score (nSPS) is 17.8. The van der Waals surface area contributed by atoms with Gasteiger partial charge in [-0.2, -0.15) is 0 Å². The van der Waals surface area contributed by atoms with Gasteiger partial charge in [-0.15, -0.1) is 0 Å². The van der Waals surface area contributed by atoms with E-state index in [1.165, 1.54) is 24.0 Å². The molecule has 0 bridgehead atoms. The smallest absolute Gasteiger partial charge is 0.255 e. The highest BCUT2D eigenvalue weighted by molar-refractivity contribution is 6.31. The number of unbranched alkanes of at least 4 members (excludes halogenated alkanes) is 2. The monoisotopic (exact) mass is 558 g/mol. The van der Waals surface area contributed by atoms with Crippen LogP contribution in [0.2, 0.25) is 5.02 Å². The second kappa shape index (κ2) is 12.5. The average Bonchev–Trinajstić information content (AvgIpc) is 3.23. The molecule has 0 aliphatic carbocycles. The van der Waals surface area contributed by atoms with E-state index in [-0.39, 0.29) is 17.9 Å². The number of fused-ring (bicyclic) bond motifs is 1. The van der Waals surface area contributed by atoms with Gasteiger partial charge in [-0.05, 0) is 86.1 Å². The Hall–Kier alpha value is -3.22. The number of carbonyl (C=O) groups excluding carboxylic acids is 2. The molecule has 40 heavy (non-hydrogen) atoms. The Labute approximate surface area is 242 Å². The Morgan fingerprint density at radius 3 is 2.55 bits per heavy atom. The molecule has 1 saturated heterocycles. The lowest BCUT2D eigenvalue weighted by Crippen LogP contribution is -2.48. The molecule has 3 aromatic rings. The Kier molecular flexibility index (Phi) is 8.87. The van der Waals surface area contributed by atoms with Crippen molar-refractivity contribution in [3.63, 3.8) is 0 Å². The largest absolute Gasteiger partial charge is 0.319 e. The number of hydrogen-bond donors (Lipinski definition) is 1. The molecule has 5 rings (SSSR count). The van der Waals surface area contributed by atoms with Gasteiger partial charge in [-0.3, -0.25) is 14.5 Å². The number of benzene rings is 2. The van der Waals surface area contributed by atoms with Gasteiger partial charge in [0.2, 0.25) is 0 Å². The summed E-state index contributed by atoms with van der Waals surface area (Å²) in [4.78, 5) is 36.4. The number of amides is 2. The maximum Gasteiger partial charge on any atom is 0.255 e. The first-order valence-electron chi connectivity index (χ1n) is 14.5. The minimum absolute atomic E-state index is 0.00562. The fourth-order valence-electron chi connectivity index (χ4n) is 6.12. The van der Waals surface area contributed by atoms with Crippen molar-refractivity contribution in [3.8, 4) is 0 Å². The number of aryl methyl sites for hydroxylation is 3. The lowest BCUT2D eigenvalue weighted by molar-refractivity contribution is -0.121. The maximum atomic E-state index is 13.9.